The molecule has 2 heterocycles. The van der Waals surface area contributed by atoms with Crippen LogP contribution in [0.25, 0.3) is 64.5 Å². The number of thiophene rings is 1. The molecular weight excluding hydrogens is 458 g/mol. The van der Waals surface area contributed by atoms with Crippen LogP contribution in [0.4, 0.5) is 0 Å². The van der Waals surface area contributed by atoms with E-state index in [0.717, 1.165) is 16.5 Å². The van der Waals surface area contributed by atoms with Gasteiger partial charge in [-0.25, -0.2) is 4.98 Å². The Bertz CT molecular complexity index is 1890. The van der Waals surface area contributed by atoms with Crippen LogP contribution in [-0.2, 0) is 0 Å². The van der Waals surface area contributed by atoms with Gasteiger partial charge >= 0.3 is 0 Å². The van der Waals surface area contributed by atoms with Crippen LogP contribution < -0.4 is 0 Å². The first-order valence-electron chi connectivity index (χ1n) is 11.0. The van der Waals surface area contributed by atoms with Crippen molar-refractivity contribution in [2.75, 3.05) is 0 Å². The number of hydrogen-bond acceptors (Lipinski definition) is 4. The van der Waals surface area contributed by atoms with E-state index >= 15 is 0 Å². The molecule has 0 amide bonds. The van der Waals surface area contributed by atoms with Crippen molar-refractivity contribution < 1.29 is 0 Å². The van der Waals surface area contributed by atoms with Crippen LogP contribution in [0.5, 0.6) is 0 Å². The molecule has 0 saturated carbocycles. The summed E-state index contributed by atoms with van der Waals surface area (Å²) in [5.41, 5.74) is 1.84. The van der Waals surface area contributed by atoms with Gasteiger partial charge in [0, 0.05) is 31.3 Å². The van der Waals surface area contributed by atoms with E-state index in [0.29, 0.717) is 11.6 Å². The maximum Gasteiger partial charge on any atom is 0.226 e. The largest absolute Gasteiger partial charge is 0.226 e. The smallest absolute Gasteiger partial charge is 0.208 e. The highest BCUT2D eigenvalue weighted by molar-refractivity contribution is 7.25. The maximum atomic E-state index is 6.37. The molecule has 0 aliphatic heterocycles. The van der Waals surface area contributed by atoms with E-state index in [1.807, 2.05) is 0 Å². The standard InChI is InChI=1S/C29H16ClN3S/c30-29-32-27(19-11-13-22-18(15-19)10-9-17-5-1-2-6-21(17)22)31-28(33-29)20-12-14-24-23-7-3-4-8-25(23)34-26(24)16-20/h1-16H. The minimum atomic E-state index is 0.190. The number of benzene rings is 5. The van der Waals surface area contributed by atoms with Gasteiger partial charge in [0.2, 0.25) is 5.28 Å². The molecule has 0 fully saturated rings. The third-order valence-corrected chi connectivity index (χ3v) is 7.55. The van der Waals surface area contributed by atoms with Crippen molar-refractivity contribution in [1.29, 1.82) is 0 Å². The predicted molar refractivity (Wildman–Crippen MR) is 144 cm³/mol. The summed E-state index contributed by atoms with van der Waals surface area (Å²) < 4.78 is 2.47. The van der Waals surface area contributed by atoms with Crippen LogP contribution >= 0.6 is 22.9 Å². The quantitative estimate of drug-likeness (QED) is 0.236. The third-order valence-electron chi connectivity index (χ3n) is 6.25. The molecule has 0 aliphatic carbocycles. The van der Waals surface area contributed by atoms with Gasteiger partial charge in [0.25, 0.3) is 0 Å². The zero-order valence-electron chi connectivity index (χ0n) is 17.9. The summed E-state index contributed by atoms with van der Waals surface area (Å²) in [6, 6.07) is 33.8. The lowest BCUT2D eigenvalue weighted by Gasteiger charge is -2.08. The number of aromatic nitrogens is 3. The monoisotopic (exact) mass is 473 g/mol. The molecule has 0 aliphatic rings. The topological polar surface area (TPSA) is 38.7 Å². The van der Waals surface area contributed by atoms with Crippen molar-refractivity contribution in [2.45, 2.75) is 0 Å². The van der Waals surface area contributed by atoms with Gasteiger partial charge in [-0.1, -0.05) is 78.9 Å². The summed E-state index contributed by atoms with van der Waals surface area (Å²) >= 11 is 8.14. The second kappa shape index (κ2) is 7.59. The Labute approximate surface area is 204 Å². The van der Waals surface area contributed by atoms with E-state index in [-0.39, 0.29) is 5.28 Å². The Kier molecular flexibility index (Phi) is 4.37. The van der Waals surface area contributed by atoms with Crippen molar-refractivity contribution in [3.05, 3.63) is 102 Å². The summed E-state index contributed by atoms with van der Waals surface area (Å²) in [6.45, 7) is 0. The summed E-state index contributed by atoms with van der Waals surface area (Å²) in [6.07, 6.45) is 0. The minimum Gasteiger partial charge on any atom is -0.208 e. The third kappa shape index (κ3) is 3.15. The lowest BCUT2D eigenvalue weighted by molar-refractivity contribution is 1.07. The Morgan fingerprint density at radius 1 is 0.500 bits per heavy atom. The van der Waals surface area contributed by atoms with Gasteiger partial charge in [0.15, 0.2) is 11.6 Å². The first kappa shape index (κ1) is 19.6. The van der Waals surface area contributed by atoms with Gasteiger partial charge in [-0.15, -0.1) is 11.3 Å². The van der Waals surface area contributed by atoms with Gasteiger partial charge in [0.1, 0.15) is 0 Å². The second-order valence-corrected chi connectivity index (χ2v) is 9.71. The van der Waals surface area contributed by atoms with E-state index < -0.39 is 0 Å². The van der Waals surface area contributed by atoms with Crippen LogP contribution in [-0.4, -0.2) is 15.0 Å². The van der Waals surface area contributed by atoms with Crippen molar-refractivity contribution in [3.63, 3.8) is 0 Å². The molecule has 7 aromatic rings. The number of nitrogens with zero attached hydrogens (tertiary/aromatic N) is 3. The molecule has 2 aromatic heterocycles. The molecule has 5 aromatic carbocycles. The maximum absolute atomic E-state index is 6.37. The van der Waals surface area contributed by atoms with E-state index in [1.54, 1.807) is 11.3 Å². The van der Waals surface area contributed by atoms with Crippen molar-refractivity contribution >= 4 is 64.7 Å². The molecule has 0 radical (unpaired) electrons. The molecular formula is C29H16ClN3S. The van der Waals surface area contributed by atoms with Crippen molar-refractivity contribution in [1.82, 2.24) is 15.0 Å². The zero-order chi connectivity index (χ0) is 22.6. The molecule has 0 spiro atoms. The summed E-state index contributed by atoms with van der Waals surface area (Å²) in [7, 11) is 0. The average Bonchev–Trinajstić information content (AvgIpc) is 3.26. The lowest BCUT2D eigenvalue weighted by Crippen LogP contribution is -1.97. The molecule has 3 nitrogen and oxygen atoms in total. The van der Waals surface area contributed by atoms with E-state index in [2.05, 4.69) is 107 Å². The zero-order valence-corrected chi connectivity index (χ0v) is 19.4. The first-order valence-corrected chi connectivity index (χ1v) is 12.2. The highest BCUT2D eigenvalue weighted by Crippen LogP contribution is 2.36. The van der Waals surface area contributed by atoms with Crippen LogP contribution in [0, 0.1) is 0 Å². The molecule has 7 rings (SSSR count). The summed E-state index contributed by atoms with van der Waals surface area (Å²) in [5.74, 6) is 1.15. The average molecular weight is 474 g/mol. The summed E-state index contributed by atoms with van der Waals surface area (Å²) in [5, 5.41) is 7.51. The Balaban J connectivity index is 1.36. The van der Waals surface area contributed by atoms with Crippen LogP contribution in [0.3, 0.4) is 0 Å². The lowest BCUT2D eigenvalue weighted by atomic mass is 10.00. The van der Waals surface area contributed by atoms with Gasteiger partial charge in [0.05, 0.1) is 0 Å². The molecule has 5 heteroatoms. The molecule has 0 unspecified atom stereocenters. The van der Waals surface area contributed by atoms with Crippen molar-refractivity contribution in [3.8, 4) is 22.8 Å². The predicted octanol–water partition coefficient (Wildman–Crippen LogP) is 8.53. The SMILES string of the molecule is Clc1nc(-c2ccc3c(ccc4ccccc43)c2)nc(-c2ccc3c(c2)sc2ccccc23)n1. The number of hydrogen-bond donors (Lipinski definition) is 0. The molecule has 0 saturated heterocycles. The number of rotatable bonds is 2. The first-order chi connectivity index (χ1) is 16.7. The van der Waals surface area contributed by atoms with Crippen LogP contribution in [0.1, 0.15) is 0 Å². The molecule has 160 valence electrons. The fourth-order valence-electron chi connectivity index (χ4n) is 4.63. The number of halogens is 1. The normalized spacial score (nSPS) is 11.7. The minimum absolute atomic E-state index is 0.190. The molecule has 34 heavy (non-hydrogen) atoms. The fraction of sp³-hybridized carbons (Fsp3) is 0. The van der Waals surface area contributed by atoms with Gasteiger partial charge < -0.3 is 0 Å². The van der Waals surface area contributed by atoms with Gasteiger partial charge in [-0.2, -0.15) is 9.97 Å². The van der Waals surface area contributed by atoms with Gasteiger partial charge in [-0.05, 0) is 51.3 Å². The highest BCUT2D eigenvalue weighted by Gasteiger charge is 2.13. The molecule has 0 N–H and O–H groups in total. The Morgan fingerprint density at radius 3 is 1.97 bits per heavy atom. The van der Waals surface area contributed by atoms with E-state index in [9.17, 15) is 0 Å². The van der Waals surface area contributed by atoms with Crippen molar-refractivity contribution in [2.24, 2.45) is 0 Å². The molecule has 0 bridgehead atoms. The van der Waals surface area contributed by atoms with Crippen LogP contribution in [0.15, 0.2) is 97.1 Å². The summed E-state index contributed by atoms with van der Waals surface area (Å²) in [4.78, 5) is 13.7. The van der Waals surface area contributed by atoms with Gasteiger partial charge in [-0.3, -0.25) is 0 Å². The van der Waals surface area contributed by atoms with E-state index in [4.69, 9.17) is 16.6 Å². The fourth-order valence-corrected chi connectivity index (χ4v) is 5.93. The molecule has 0 atom stereocenters. The Morgan fingerprint density at radius 2 is 1.12 bits per heavy atom. The van der Waals surface area contributed by atoms with E-state index in [1.165, 1.54) is 36.3 Å². The Hall–Kier alpha value is -3.86. The van der Waals surface area contributed by atoms with Crippen LogP contribution in [0.2, 0.25) is 5.28 Å². The second-order valence-electron chi connectivity index (χ2n) is 8.28. The highest BCUT2D eigenvalue weighted by atomic mass is 35.5. The number of fused-ring (bicyclic) bond motifs is 6.